The van der Waals surface area contributed by atoms with Crippen LogP contribution < -0.4 is 0 Å². The number of rotatable bonds is 3. The Balaban J connectivity index is 0.00000111. The van der Waals surface area contributed by atoms with E-state index in [-0.39, 0.29) is 30.0 Å². The van der Waals surface area contributed by atoms with Crippen molar-refractivity contribution in [2.45, 2.75) is 97.2 Å². The molecule has 2 nitrogen and oxygen atoms in total. The van der Waals surface area contributed by atoms with Crippen molar-refractivity contribution < 1.29 is 17.0 Å². The predicted molar refractivity (Wildman–Crippen MR) is 197 cm³/mol. The molecule has 6 rings (SSSR count). The van der Waals surface area contributed by atoms with E-state index in [0.717, 1.165) is 0 Å². The van der Waals surface area contributed by atoms with E-state index in [2.05, 4.69) is 158 Å². The van der Waals surface area contributed by atoms with Gasteiger partial charge >= 0.3 is 35.6 Å². The molecule has 2 fully saturated rings. The van der Waals surface area contributed by atoms with Gasteiger partial charge in [-0.1, -0.05) is 171 Å². The Bertz CT molecular complexity index is 1400. The van der Waals surface area contributed by atoms with E-state index < -0.39 is 25.3 Å². The van der Waals surface area contributed by atoms with Gasteiger partial charge in [-0.05, 0) is 56.7 Å². The predicted octanol–water partition coefficient (Wildman–Crippen LogP) is 11.6. The SMILES string of the molecule is CC(C)(C)C1=CC2C(C=C1)C1C=CC=CC1C2[Si](C)(C)N1[C@@H]2C=CC=C(c3ccc(C(C)(C)C)cc3)C2[N-]C1(C)C.[CH3-].[Cl][Ti][Cl]. The molecule has 0 aromatic heterocycles. The third-order valence-electron chi connectivity index (χ3n) is 10.8. The summed E-state index contributed by atoms with van der Waals surface area (Å²) < 4.78 is 2.93. The van der Waals surface area contributed by atoms with Gasteiger partial charge in [-0.15, -0.1) is 0 Å². The van der Waals surface area contributed by atoms with Crippen molar-refractivity contribution >= 4 is 32.4 Å². The zero-order chi connectivity index (χ0) is 32.2. The Morgan fingerprint density at radius 1 is 0.800 bits per heavy atom. The second kappa shape index (κ2) is 13.5. The van der Waals surface area contributed by atoms with E-state index in [4.69, 9.17) is 23.9 Å². The van der Waals surface area contributed by atoms with E-state index in [9.17, 15) is 0 Å². The number of hydrogen-bond acceptors (Lipinski definition) is 1. The van der Waals surface area contributed by atoms with Crippen molar-refractivity contribution in [3.05, 3.63) is 114 Å². The minimum absolute atomic E-state index is 0. The molecule has 0 radical (unpaired) electrons. The van der Waals surface area contributed by atoms with Crippen LogP contribution in [0.4, 0.5) is 0 Å². The van der Waals surface area contributed by atoms with Gasteiger partial charge in [-0.2, -0.15) is 0 Å². The molecule has 45 heavy (non-hydrogen) atoms. The Hall–Kier alpha value is -0.909. The topological polar surface area (TPSA) is 17.3 Å². The van der Waals surface area contributed by atoms with Gasteiger partial charge in [-0.3, -0.25) is 0 Å². The zero-order valence-corrected chi connectivity index (χ0v) is 33.3. The third-order valence-corrected chi connectivity index (χ3v) is 15.3. The first-order chi connectivity index (χ1) is 20.5. The first kappa shape index (κ1) is 36.9. The molecule has 4 aliphatic carbocycles. The first-order valence-corrected chi connectivity index (χ1v) is 23.6. The minimum atomic E-state index is -2.05. The number of nitrogens with zero attached hydrogens (tertiary/aromatic N) is 2. The summed E-state index contributed by atoms with van der Waals surface area (Å²) in [6.07, 6.45) is 24.5. The van der Waals surface area contributed by atoms with Gasteiger partial charge in [0.25, 0.3) is 0 Å². The molecular formula is C39H54Cl2N2SiTi-2. The number of halogens is 2. The quantitative estimate of drug-likeness (QED) is 0.227. The molecule has 1 aliphatic heterocycles. The van der Waals surface area contributed by atoms with Gasteiger partial charge in [0.2, 0.25) is 0 Å². The van der Waals surface area contributed by atoms with Gasteiger partial charge in [-0.25, -0.2) is 0 Å². The molecular weight excluding hydrogens is 643 g/mol. The Morgan fingerprint density at radius 3 is 1.96 bits per heavy atom. The molecule has 6 unspecified atom stereocenters. The van der Waals surface area contributed by atoms with Crippen molar-refractivity contribution in [2.24, 2.45) is 29.1 Å². The fraction of sp³-hybridized carbons (Fsp3) is 0.513. The molecule has 6 heteroatoms. The first-order valence-electron chi connectivity index (χ1n) is 16.2. The fourth-order valence-electron chi connectivity index (χ4n) is 9.01. The van der Waals surface area contributed by atoms with Crippen molar-refractivity contribution in [1.82, 2.24) is 4.57 Å². The van der Waals surface area contributed by atoms with Gasteiger partial charge in [0.15, 0.2) is 0 Å². The Labute approximate surface area is 293 Å². The summed E-state index contributed by atoms with van der Waals surface area (Å²) in [6, 6.07) is 9.77. The Kier molecular flexibility index (Phi) is 11.1. The monoisotopic (exact) mass is 696 g/mol. The number of hydrogen-bond donors (Lipinski definition) is 0. The van der Waals surface area contributed by atoms with Crippen LogP contribution in [0, 0.1) is 36.5 Å². The van der Waals surface area contributed by atoms with E-state index in [1.807, 2.05) is 0 Å². The zero-order valence-electron chi connectivity index (χ0n) is 29.3. The van der Waals surface area contributed by atoms with Crippen LogP contribution in [-0.4, -0.2) is 30.5 Å². The van der Waals surface area contributed by atoms with Crippen molar-refractivity contribution in [2.75, 3.05) is 0 Å². The van der Waals surface area contributed by atoms with Crippen molar-refractivity contribution in [3.8, 4) is 0 Å². The molecule has 7 atom stereocenters. The maximum atomic E-state index is 5.63. The van der Waals surface area contributed by atoms with E-state index >= 15 is 0 Å². The molecule has 244 valence electrons. The fourth-order valence-corrected chi connectivity index (χ4v) is 14.3. The van der Waals surface area contributed by atoms with Crippen LogP contribution in [0.25, 0.3) is 10.9 Å². The molecule has 0 spiro atoms. The van der Waals surface area contributed by atoms with Crippen LogP contribution in [0.5, 0.6) is 0 Å². The summed E-state index contributed by atoms with van der Waals surface area (Å²) in [7, 11) is 7.72. The van der Waals surface area contributed by atoms with E-state index in [1.54, 1.807) is 0 Å². The van der Waals surface area contributed by atoms with Crippen LogP contribution in [0.2, 0.25) is 18.6 Å². The summed E-state index contributed by atoms with van der Waals surface area (Å²) in [5, 5.41) is 5.63. The van der Waals surface area contributed by atoms with Crippen LogP contribution in [0.15, 0.2) is 90.6 Å². The summed E-state index contributed by atoms with van der Waals surface area (Å²) in [5.41, 5.74) is 6.31. The van der Waals surface area contributed by atoms with Gasteiger partial charge in [0, 0.05) is 6.04 Å². The van der Waals surface area contributed by atoms with Crippen LogP contribution in [0.1, 0.15) is 66.5 Å². The van der Waals surface area contributed by atoms with Gasteiger partial charge in [0.1, 0.15) is 8.24 Å². The molecule has 5 aliphatic rings. The standard InChI is InChI=1S/C38H51N2Si.CH3.2ClH.Ti/c1-36(2,3)26-20-18-25(19-21-26)28-16-13-17-33-34(28)39-38(7,8)40(33)41(9,10)35-31-15-12-11-14-29(31)30-23-22-27(24-32(30)35)37(4,5)6;;;;/h11-24,29-35H,1-10H3;1H3;2*1H;/q2*-1;;;+2/p-2/t29?,30?,31?,32?,33-,34?,35?;;;;/m1..../s1. The number of fused-ring (bicyclic) bond motifs is 4. The summed E-state index contributed by atoms with van der Waals surface area (Å²) in [5.74, 6) is 2.33. The second-order valence-corrected chi connectivity index (χ2v) is 23.4. The van der Waals surface area contributed by atoms with Gasteiger partial charge in [0.05, 0.1) is 0 Å². The normalized spacial score (nSPS) is 31.5. The summed E-state index contributed by atoms with van der Waals surface area (Å²) >= 11 is -0.556. The maximum absolute atomic E-state index is 5.63. The van der Waals surface area contributed by atoms with Crippen LogP contribution in [-0.2, 0) is 22.4 Å². The molecule has 0 amide bonds. The molecule has 0 bridgehead atoms. The molecule has 1 saturated carbocycles. The average Bonchev–Trinajstić information content (AvgIpc) is 3.43. The molecule has 1 heterocycles. The Morgan fingerprint density at radius 2 is 1.38 bits per heavy atom. The molecule has 1 saturated heterocycles. The average molecular weight is 698 g/mol. The van der Waals surface area contributed by atoms with Crippen LogP contribution in [0.3, 0.4) is 0 Å². The summed E-state index contributed by atoms with van der Waals surface area (Å²) in [6.45, 7) is 24.1. The van der Waals surface area contributed by atoms with E-state index in [0.29, 0.717) is 35.3 Å². The van der Waals surface area contributed by atoms with Crippen molar-refractivity contribution in [1.29, 1.82) is 0 Å². The molecule has 1 aromatic carbocycles. The van der Waals surface area contributed by atoms with E-state index in [1.165, 1.54) is 22.3 Å². The van der Waals surface area contributed by atoms with Gasteiger partial charge < -0.3 is 17.3 Å². The number of allylic oxidation sites excluding steroid dienone is 10. The van der Waals surface area contributed by atoms with Crippen LogP contribution >= 0.6 is 18.6 Å². The second-order valence-electron chi connectivity index (χ2n) is 16.3. The summed E-state index contributed by atoms with van der Waals surface area (Å²) in [4.78, 5) is 0. The molecule has 1 aromatic rings. The van der Waals surface area contributed by atoms with Crippen molar-refractivity contribution in [3.63, 3.8) is 0 Å². The molecule has 0 N–H and O–H groups in total. The number of benzene rings is 1. The third kappa shape index (κ3) is 6.98.